The highest BCUT2D eigenvalue weighted by molar-refractivity contribution is 9.10. The zero-order valence-corrected chi connectivity index (χ0v) is 15.2. The first-order valence-corrected chi connectivity index (χ1v) is 9.17. The second-order valence-electron chi connectivity index (χ2n) is 6.43. The van der Waals surface area contributed by atoms with Gasteiger partial charge in [-0.1, -0.05) is 21.1 Å². The van der Waals surface area contributed by atoms with Crippen LogP contribution in [0.15, 0.2) is 22.7 Å². The van der Waals surface area contributed by atoms with E-state index in [1.54, 1.807) is 0 Å². The van der Waals surface area contributed by atoms with Crippen molar-refractivity contribution in [1.29, 1.82) is 0 Å². The molecule has 24 heavy (non-hydrogen) atoms. The number of piperidine rings is 1. The lowest BCUT2D eigenvalue weighted by Gasteiger charge is -2.23. The molecule has 4 rings (SSSR count). The molecule has 0 saturated carbocycles. The summed E-state index contributed by atoms with van der Waals surface area (Å²) in [4.78, 5) is 14.8. The number of benzene rings is 1. The van der Waals surface area contributed by atoms with E-state index in [-0.39, 0.29) is 5.91 Å². The van der Waals surface area contributed by atoms with Crippen LogP contribution < -0.4 is 10.2 Å². The van der Waals surface area contributed by atoms with Gasteiger partial charge in [0.15, 0.2) is 5.69 Å². The average Bonchev–Trinajstić information content (AvgIpc) is 3.18. The number of rotatable bonds is 2. The highest BCUT2D eigenvalue weighted by Crippen LogP contribution is 2.32. The summed E-state index contributed by atoms with van der Waals surface area (Å²) in [6, 6.07) is 6.39. The zero-order chi connectivity index (χ0) is 16.7. The lowest BCUT2D eigenvalue weighted by molar-refractivity contribution is 0.0984. The molecule has 0 bridgehead atoms. The molecule has 2 aliphatic rings. The molecule has 7 heteroatoms. The Kier molecular flexibility index (Phi) is 4.14. The van der Waals surface area contributed by atoms with Gasteiger partial charge < -0.3 is 10.2 Å². The molecule has 1 N–H and O–H groups in total. The van der Waals surface area contributed by atoms with Gasteiger partial charge in [-0.05, 0) is 63.0 Å². The van der Waals surface area contributed by atoms with Crippen LogP contribution in [0.1, 0.15) is 40.6 Å². The van der Waals surface area contributed by atoms with E-state index >= 15 is 0 Å². The molecule has 2 aromatic rings. The van der Waals surface area contributed by atoms with E-state index in [1.807, 2.05) is 28.6 Å². The lowest BCUT2D eigenvalue weighted by atomic mass is 10.1. The fraction of sp³-hybridized carbons (Fsp3) is 0.471. The molecule has 1 saturated heterocycles. The van der Waals surface area contributed by atoms with Gasteiger partial charge in [-0.25, -0.2) is 4.68 Å². The van der Waals surface area contributed by atoms with Crippen LogP contribution in [0.4, 0.5) is 5.69 Å². The number of anilines is 1. The van der Waals surface area contributed by atoms with E-state index in [1.165, 1.54) is 5.56 Å². The summed E-state index contributed by atoms with van der Waals surface area (Å²) < 4.78 is 2.98. The Bertz CT molecular complexity index is 781. The summed E-state index contributed by atoms with van der Waals surface area (Å²) in [5.74, 6) is -0.0474. The number of nitrogens with one attached hydrogen (secondary N) is 1. The van der Waals surface area contributed by atoms with E-state index in [0.29, 0.717) is 18.3 Å². The molecule has 1 fully saturated rings. The minimum Gasteiger partial charge on any atom is -0.317 e. The largest absolute Gasteiger partial charge is 0.317 e. The third-order valence-corrected chi connectivity index (χ3v) is 5.46. The number of fused-ring (bicyclic) bond motifs is 1. The average molecular weight is 390 g/mol. The van der Waals surface area contributed by atoms with Crippen molar-refractivity contribution >= 4 is 27.5 Å². The normalized spacial score (nSPS) is 18.0. The summed E-state index contributed by atoms with van der Waals surface area (Å²) in [7, 11) is 0. The zero-order valence-electron chi connectivity index (χ0n) is 13.6. The van der Waals surface area contributed by atoms with Crippen molar-refractivity contribution in [3.63, 3.8) is 0 Å². The molecule has 126 valence electrons. The Balaban J connectivity index is 1.61. The fourth-order valence-electron chi connectivity index (χ4n) is 3.65. The molecule has 0 radical (unpaired) electrons. The van der Waals surface area contributed by atoms with Crippen molar-refractivity contribution in [2.75, 3.05) is 24.5 Å². The third kappa shape index (κ3) is 2.65. The molecular weight excluding hydrogens is 370 g/mol. The number of hydrogen-bond acceptors (Lipinski definition) is 4. The van der Waals surface area contributed by atoms with Gasteiger partial charge in [-0.2, -0.15) is 0 Å². The molecular formula is C17H20BrN5O. The topological polar surface area (TPSA) is 63.1 Å². The first-order valence-electron chi connectivity index (χ1n) is 8.38. The molecule has 0 atom stereocenters. The van der Waals surface area contributed by atoms with Gasteiger partial charge >= 0.3 is 0 Å². The Morgan fingerprint density at radius 2 is 2.12 bits per heavy atom. The standard InChI is InChI=1S/C17H20BrN5O/c1-11-16(20-21-23(11)14-4-7-19-8-5-14)17(24)22-9-6-12-10-13(18)2-3-15(12)22/h2-3,10,14,19H,4-9H2,1H3. The van der Waals surface area contributed by atoms with Crippen molar-refractivity contribution in [3.05, 3.63) is 39.6 Å². The van der Waals surface area contributed by atoms with Crippen LogP contribution in [0.5, 0.6) is 0 Å². The second-order valence-corrected chi connectivity index (χ2v) is 7.34. The van der Waals surface area contributed by atoms with Gasteiger partial charge in [0.25, 0.3) is 5.91 Å². The molecule has 0 aliphatic carbocycles. The molecule has 1 aromatic carbocycles. The summed E-state index contributed by atoms with van der Waals surface area (Å²) >= 11 is 3.49. The van der Waals surface area contributed by atoms with Gasteiger partial charge in [-0.15, -0.1) is 5.10 Å². The quantitative estimate of drug-likeness (QED) is 0.856. The number of aromatic nitrogens is 3. The number of hydrogen-bond donors (Lipinski definition) is 1. The van der Waals surface area contributed by atoms with Crippen molar-refractivity contribution in [2.45, 2.75) is 32.2 Å². The van der Waals surface area contributed by atoms with E-state index in [9.17, 15) is 4.79 Å². The smallest absolute Gasteiger partial charge is 0.280 e. The summed E-state index contributed by atoms with van der Waals surface area (Å²) in [6.45, 7) is 4.63. The molecule has 2 aliphatic heterocycles. The van der Waals surface area contributed by atoms with Gasteiger partial charge in [0.2, 0.25) is 0 Å². The number of halogens is 1. The molecule has 0 unspecified atom stereocenters. The monoisotopic (exact) mass is 389 g/mol. The number of carbonyl (C=O) groups is 1. The molecule has 0 spiro atoms. The molecule has 1 aromatic heterocycles. The maximum absolute atomic E-state index is 13.0. The van der Waals surface area contributed by atoms with Crippen molar-refractivity contribution in [3.8, 4) is 0 Å². The van der Waals surface area contributed by atoms with E-state index < -0.39 is 0 Å². The first-order chi connectivity index (χ1) is 11.6. The number of carbonyl (C=O) groups excluding carboxylic acids is 1. The highest BCUT2D eigenvalue weighted by atomic mass is 79.9. The van der Waals surface area contributed by atoms with Crippen molar-refractivity contribution in [2.24, 2.45) is 0 Å². The van der Waals surface area contributed by atoms with Crippen LogP contribution in [0, 0.1) is 6.92 Å². The third-order valence-electron chi connectivity index (χ3n) is 4.97. The van der Waals surface area contributed by atoms with Crippen LogP contribution in [0.2, 0.25) is 0 Å². The molecule has 3 heterocycles. The Morgan fingerprint density at radius 3 is 2.92 bits per heavy atom. The van der Waals surface area contributed by atoms with E-state index in [4.69, 9.17) is 0 Å². The summed E-state index contributed by atoms with van der Waals surface area (Å²) in [6.07, 6.45) is 2.93. The van der Waals surface area contributed by atoms with Crippen molar-refractivity contribution < 1.29 is 4.79 Å². The second kappa shape index (κ2) is 6.29. The van der Waals surface area contributed by atoms with Gasteiger partial charge in [0.1, 0.15) is 0 Å². The number of nitrogens with zero attached hydrogens (tertiary/aromatic N) is 4. The highest BCUT2D eigenvalue weighted by Gasteiger charge is 2.30. The van der Waals surface area contributed by atoms with Gasteiger partial charge in [-0.3, -0.25) is 4.79 Å². The molecule has 6 nitrogen and oxygen atoms in total. The van der Waals surface area contributed by atoms with Crippen LogP contribution in [0.25, 0.3) is 0 Å². The Hall–Kier alpha value is -1.73. The number of amides is 1. The van der Waals surface area contributed by atoms with Crippen molar-refractivity contribution in [1.82, 2.24) is 20.3 Å². The van der Waals surface area contributed by atoms with Crippen LogP contribution in [0.3, 0.4) is 0 Å². The fourth-order valence-corrected chi connectivity index (χ4v) is 4.05. The first kappa shape index (κ1) is 15.8. The van der Waals surface area contributed by atoms with Crippen LogP contribution >= 0.6 is 15.9 Å². The maximum Gasteiger partial charge on any atom is 0.280 e. The van der Waals surface area contributed by atoms with Crippen LogP contribution in [-0.4, -0.2) is 40.5 Å². The minimum absolute atomic E-state index is 0.0474. The maximum atomic E-state index is 13.0. The minimum atomic E-state index is -0.0474. The predicted octanol–water partition coefficient (Wildman–Crippen LogP) is 2.48. The Morgan fingerprint density at radius 1 is 1.33 bits per heavy atom. The lowest BCUT2D eigenvalue weighted by Crippen LogP contribution is -2.31. The predicted molar refractivity (Wildman–Crippen MR) is 95.4 cm³/mol. The molecule has 1 amide bonds. The Labute approximate surface area is 149 Å². The van der Waals surface area contributed by atoms with Gasteiger partial charge in [0, 0.05) is 16.7 Å². The summed E-state index contributed by atoms with van der Waals surface area (Å²) in [5, 5.41) is 11.9. The van der Waals surface area contributed by atoms with Crippen LogP contribution in [-0.2, 0) is 6.42 Å². The summed E-state index contributed by atoms with van der Waals surface area (Å²) in [5.41, 5.74) is 3.53. The van der Waals surface area contributed by atoms with E-state index in [0.717, 1.165) is 48.2 Å². The van der Waals surface area contributed by atoms with Gasteiger partial charge in [0.05, 0.1) is 11.7 Å². The van der Waals surface area contributed by atoms with E-state index in [2.05, 4.69) is 37.6 Å². The SMILES string of the molecule is Cc1c(C(=O)N2CCc3cc(Br)ccc32)nnn1C1CCNCC1.